The van der Waals surface area contributed by atoms with E-state index in [0.717, 1.165) is 37.4 Å². The summed E-state index contributed by atoms with van der Waals surface area (Å²) < 4.78 is 30.8. The molecule has 0 saturated carbocycles. The minimum Gasteiger partial charge on any atom is -0.371 e. The number of hydrogen-bond donors (Lipinski definition) is 0. The minimum atomic E-state index is -1.92. The van der Waals surface area contributed by atoms with Crippen LogP contribution in [0.15, 0.2) is 30.6 Å². The third-order valence-electron chi connectivity index (χ3n) is 4.51. The minimum absolute atomic E-state index is 0.273. The van der Waals surface area contributed by atoms with Crippen molar-refractivity contribution in [2.45, 2.75) is 58.2 Å². The summed E-state index contributed by atoms with van der Waals surface area (Å²) in [7, 11) is -1.92. The molecule has 5 heteroatoms. The van der Waals surface area contributed by atoms with E-state index in [0.29, 0.717) is 5.69 Å². The van der Waals surface area contributed by atoms with Crippen molar-refractivity contribution in [3.8, 4) is 11.3 Å². The van der Waals surface area contributed by atoms with Gasteiger partial charge in [0, 0.05) is 6.20 Å². The van der Waals surface area contributed by atoms with Crippen LogP contribution < -0.4 is 0 Å². The Morgan fingerprint density at radius 3 is 2.13 bits per heavy atom. The topological polar surface area (TPSA) is 17.8 Å². The van der Waals surface area contributed by atoms with Gasteiger partial charge in [0.2, 0.25) is 5.95 Å². The van der Waals surface area contributed by atoms with Gasteiger partial charge in [-0.2, -0.15) is 4.39 Å². The summed E-state index contributed by atoms with van der Waals surface area (Å²) >= 11 is 0. The van der Waals surface area contributed by atoms with Crippen molar-refractivity contribution in [1.82, 2.24) is 9.22 Å². The van der Waals surface area contributed by atoms with Crippen LogP contribution in [0.5, 0.6) is 0 Å². The third kappa shape index (κ3) is 3.55. The second-order valence-electron chi connectivity index (χ2n) is 6.20. The first kappa shape index (κ1) is 17.9. The molecule has 0 N–H and O–H groups in total. The average molecular weight is 337 g/mol. The standard InChI is InChI=1S/C18H26F2N2Si/c1-4-12-23(13-5-2,14-6-3)22-11-9-16(19)17(22)15-8-7-10-21-18(15)20/h7-11H,4-6,12-14H2,1-3H3. The fraction of sp³-hybridized carbons (Fsp3) is 0.500. The molecular weight excluding hydrogens is 310 g/mol. The average Bonchev–Trinajstić information content (AvgIpc) is 2.91. The maximum atomic E-state index is 14.5. The molecule has 0 atom stereocenters. The highest BCUT2D eigenvalue weighted by atomic mass is 28.3. The Hall–Kier alpha value is -1.49. The smallest absolute Gasteiger partial charge is 0.222 e. The van der Waals surface area contributed by atoms with Crippen LogP contribution in [0.4, 0.5) is 8.78 Å². The number of pyridine rings is 1. The van der Waals surface area contributed by atoms with Gasteiger partial charge in [0.25, 0.3) is 0 Å². The van der Waals surface area contributed by atoms with Gasteiger partial charge in [-0.25, -0.2) is 9.37 Å². The highest BCUT2D eigenvalue weighted by Gasteiger charge is 2.35. The Labute approximate surface area is 138 Å². The summed E-state index contributed by atoms with van der Waals surface area (Å²) in [4.78, 5) is 3.71. The molecule has 2 aromatic rings. The first-order chi connectivity index (χ1) is 11.1. The molecule has 0 aromatic carbocycles. The summed E-state index contributed by atoms with van der Waals surface area (Å²) in [6.07, 6.45) is 6.45. The number of nitrogens with zero attached hydrogens (tertiary/aromatic N) is 2. The predicted octanol–water partition coefficient (Wildman–Crippen LogP) is 5.85. The summed E-state index contributed by atoms with van der Waals surface area (Å²) in [6, 6.07) is 8.05. The van der Waals surface area contributed by atoms with Gasteiger partial charge in [0.05, 0.1) is 11.3 Å². The molecular formula is C18H26F2N2Si. The lowest BCUT2D eigenvalue weighted by Gasteiger charge is -2.34. The summed E-state index contributed by atoms with van der Waals surface area (Å²) in [6.45, 7) is 6.53. The molecule has 0 spiro atoms. The monoisotopic (exact) mass is 336 g/mol. The second kappa shape index (κ2) is 7.86. The summed E-state index contributed by atoms with van der Waals surface area (Å²) in [5, 5.41) is 0. The van der Waals surface area contributed by atoms with Crippen LogP contribution in [0, 0.1) is 11.8 Å². The van der Waals surface area contributed by atoms with Crippen molar-refractivity contribution in [1.29, 1.82) is 0 Å². The van der Waals surface area contributed by atoms with Gasteiger partial charge in [-0.15, -0.1) is 0 Å². The highest BCUT2D eigenvalue weighted by molar-refractivity contribution is 6.78. The van der Waals surface area contributed by atoms with E-state index in [9.17, 15) is 8.78 Å². The lowest BCUT2D eigenvalue weighted by molar-refractivity contribution is 0.581. The predicted molar refractivity (Wildman–Crippen MR) is 94.0 cm³/mol. The van der Waals surface area contributed by atoms with Crippen LogP contribution >= 0.6 is 0 Å². The quantitative estimate of drug-likeness (QED) is 0.436. The van der Waals surface area contributed by atoms with Crippen molar-refractivity contribution >= 4 is 8.24 Å². The fourth-order valence-corrected chi connectivity index (χ4v) is 9.11. The van der Waals surface area contributed by atoms with Gasteiger partial charge in [0.1, 0.15) is 5.82 Å². The zero-order valence-electron chi connectivity index (χ0n) is 14.3. The van der Waals surface area contributed by atoms with Crippen LogP contribution in [0.3, 0.4) is 0 Å². The molecule has 0 bridgehead atoms. The number of rotatable bonds is 8. The zero-order chi connectivity index (χ0) is 16.9. The van der Waals surface area contributed by atoms with Gasteiger partial charge in [-0.1, -0.05) is 40.0 Å². The number of hydrogen-bond acceptors (Lipinski definition) is 1. The Morgan fingerprint density at radius 1 is 1.00 bits per heavy atom. The number of aromatic nitrogens is 2. The van der Waals surface area contributed by atoms with Crippen molar-refractivity contribution in [3.63, 3.8) is 0 Å². The Morgan fingerprint density at radius 2 is 1.61 bits per heavy atom. The van der Waals surface area contributed by atoms with E-state index in [1.54, 1.807) is 12.1 Å². The van der Waals surface area contributed by atoms with E-state index >= 15 is 0 Å². The van der Waals surface area contributed by atoms with Gasteiger partial charge >= 0.3 is 0 Å². The largest absolute Gasteiger partial charge is 0.371 e. The molecule has 0 aliphatic rings. The van der Waals surface area contributed by atoms with E-state index in [1.807, 2.05) is 6.20 Å². The second-order valence-corrected chi connectivity index (χ2v) is 10.6. The van der Waals surface area contributed by atoms with Crippen molar-refractivity contribution in [3.05, 3.63) is 42.4 Å². The molecule has 0 aliphatic heterocycles. The molecule has 0 saturated heterocycles. The molecule has 0 amide bonds. The zero-order valence-corrected chi connectivity index (χ0v) is 15.3. The molecule has 0 fully saturated rings. The molecule has 0 radical (unpaired) electrons. The van der Waals surface area contributed by atoms with Crippen LogP contribution in [-0.4, -0.2) is 17.5 Å². The SMILES string of the molecule is CCC[Si](CCC)(CCC)n1ccc(F)c1-c1cccnc1F. The lowest BCUT2D eigenvalue weighted by Crippen LogP contribution is -2.43. The molecule has 2 aromatic heterocycles. The summed E-state index contributed by atoms with van der Waals surface area (Å²) in [5.41, 5.74) is 0.660. The van der Waals surface area contributed by atoms with E-state index < -0.39 is 14.2 Å². The van der Waals surface area contributed by atoms with Crippen molar-refractivity contribution in [2.24, 2.45) is 0 Å². The molecule has 2 heterocycles. The van der Waals surface area contributed by atoms with Crippen LogP contribution in [0.2, 0.25) is 18.1 Å². The number of halogens is 2. The molecule has 23 heavy (non-hydrogen) atoms. The third-order valence-corrected chi connectivity index (χ3v) is 10.2. The first-order valence-corrected chi connectivity index (χ1v) is 11.1. The Kier molecular flexibility index (Phi) is 6.10. The van der Waals surface area contributed by atoms with Gasteiger partial charge in [-0.3, -0.25) is 0 Å². The maximum Gasteiger partial charge on any atom is 0.222 e. The van der Waals surface area contributed by atoms with E-state index in [-0.39, 0.29) is 11.4 Å². The van der Waals surface area contributed by atoms with Crippen molar-refractivity contribution < 1.29 is 8.78 Å². The molecule has 2 rings (SSSR count). The lowest BCUT2D eigenvalue weighted by atomic mass is 10.2. The molecule has 126 valence electrons. The van der Waals surface area contributed by atoms with Gasteiger partial charge in [-0.05, 0) is 42.5 Å². The van der Waals surface area contributed by atoms with E-state index in [1.165, 1.54) is 12.3 Å². The normalized spacial score (nSPS) is 11.9. The van der Waals surface area contributed by atoms with Crippen LogP contribution in [-0.2, 0) is 0 Å². The Balaban J connectivity index is 2.63. The van der Waals surface area contributed by atoms with Gasteiger partial charge in [0.15, 0.2) is 8.24 Å². The Bertz CT molecular complexity index is 623. The van der Waals surface area contributed by atoms with Crippen molar-refractivity contribution in [2.75, 3.05) is 0 Å². The van der Waals surface area contributed by atoms with Crippen LogP contribution in [0.1, 0.15) is 40.0 Å². The molecule has 0 unspecified atom stereocenters. The maximum absolute atomic E-state index is 14.5. The first-order valence-electron chi connectivity index (χ1n) is 8.57. The van der Waals surface area contributed by atoms with Gasteiger partial charge < -0.3 is 4.23 Å². The fourth-order valence-electron chi connectivity index (χ4n) is 3.76. The van der Waals surface area contributed by atoms with E-state index in [2.05, 4.69) is 30.0 Å². The molecule has 0 aliphatic carbocycles. The van der Waals surface area contributed by atoms with E-state index in [4.69, 9.17) is 0 Å². The van der Waals surface area contributed by atoms with Crippen LogP contribution in [0.25, 0.3) is 11.3 Å². The highest BCUT2D eigenvalue weighted by Crippen LogP contribution is 2.35. The molecule has 2 nitrogen and oxygen atoms in total. The summed E-state index contributed by atoms with van der Waals surface area (Å²) in [5.74, 6) is -0.948.